The van der Waals surface area contributed by atoms with Crippen LogP contribution in [0.15, 0.2) is 64.2 Å². The first kappa shape index (κ1) is 20.0. The SMILES string of the molecule is O=C(CS(=O)(=O)c1nnc(-c2ccccc2F)o1)N1CCN(c2ccccc2)CC1. The number of anilines is 1. The highest BCUT2D eigenvalue weighted by atomic mass is 32.2. The number of hydrogen-bond acceptors (Lipinski definition) is 7. The van der Waals surface area contributed by atoms with Crippen molar-refractivity contribution in [2.45, 2.75) is 5.22 Å². The summed E-state index contributed by atoms with van der Waals surface area (Å²) in [6.07, 6.45) is 0. The number of benzene rings is 2. The molecular weight excluding hydrogens is 411 g/mol. The van der Waals surface area contributed by atoms with Crippen LogP contribution in [0.2, 0.25) is 0 Å². The third-order valence-electron chi connectivity index (χ3n) is 4.84. The minimum atomic E-state index is -4.14. The average molecular weight is 430 g/mol. The first-order valence-corrected chi connectivity index (χ1v) is 11.0. The van der Waals surface area contributed by atoms with Crippen LogP contribution in [0, 0.1) is 5.82 Å². The van der Waals surface area contributed by atoms with Crippen molar-refractivity contribution in [2.75, 3.05) is 36.8 Å². The van der Waals surface area contributed by atoms with Crippen LogP contribution in [0.3, 0.4) is 0 Å². The fraction of sp³-hybridized carbons (Fsp3) is 0.250. The second-order valence-corrected chi connectivity index (χ2v) is 8.68. The smallest absolute Gasteiger partial charge is 0.336 e. The van der Waals surface area contributed by atoms with Gasteiger partial charge in [-0.05, 0) is 24.3 Å². The molecule has 0 spiro atoms. The third-order valence-corrected chi connectivity index (χ3v) is 6.17. The first-order valence-electron chi connectivity index (χ1n) is 9.33. The van der Waals surface area contributed by atoms with Crippen LogP contribution in [0.1, 0.15) is 0 Å². The van der Waals surface area contributed by atoms with E-state index in [0.29, 0.717) is 26.2 Å². The molecule has 0 aliphatic carbocycles. The number of para-hydroxylation sites is 1. The molecule has 1 saturated heterocycles. The summed E-state index contributed by atoms with van der Waals surface area (Å²) in [5.41, 5.74) is 1.05. The number of aromatic nitrogens is 2. The summed E-state index contributed by atoms with van der Waals surface area (Å²) < 4.78 is 44.1. The van der Waals surface area contributed by atoms with Crippen molar-refractivity contribution in [2.24, 2.45) is 0 Å². The molecule has 8 nitrogen and oxygen atoms in total. The molecule has 2 heterocycles. The molecule has 1 aliphatic rings. The molecular formula is C20H19FN4O4S. The number of carbonyl (C=O) groups excluding carboxylic acids is 1. The Morgan fingerprint density at radius 1 is 0.967 bits per heavy atom. The second-order valence-electron chi connectivity index (χ2n) is 6.82. The van der Waals surface area contributed by atoms with E-state index in [9.17, 15) is 17.6 Å². The summed E-state index contributed by atoms with van der Waals surface area (Å²) in [7, 11) is -4.14. The summed E-state index contributed by atoms with van der Waals surface area (Å²) in [5.74, 6) is -2.18. The largest absolute Gasteiger partial charge is 0.408 e. The van der Waals surface area contributed by atoms with Gasteiger partial charge in [-0.3, -0.25) is 4.79 Å². The van der Waals surface area contributed by atoms with Crippen LogP contribution < -0.4 is 4.90 Å². The van der Waals surface area contributed by atoms with Gasteiger partial charge in [0, 0.05) is 31.9 Å². The number of halogens is 1. The number of amides is 1. The van der Waals surface area contributed by atoms with Gasteiger partial charge < -0.3 is 14.2 Å². The summed E-state index contributed by atoms with van der Waals surface area (Å²) >= 11 is 0. The molecule has 156 valence electrons. The maximum absolute atomic E-state index is 13.8. The number of sulfone groups is 1. The quantitative estimate of drug-likeness (QED) is 0.611. The van der Waals surface area contributed by atoms with Crippen LogP contribution in [0.4, 0.5) is 10.1 Å². The standard InChI is InChI=1S/C20H19FN4O4S/c21-17-9-5-4-8-16(17)19-22-23-20(29-19)30(27,28)14-18(26)25-12-10-24(11-13-25)15-6-2-1-3-7-15/h1-9H,10-14H2. The van der Waals surface area contributed by atoms with E-state index in [0.717, 1.165) is 5.69 Å². The van der Waals surface area contributed by atoms with Gasteiger partial charge >= 0.3 is 5.22 Å². The fourth-order valence-electron chi connectivity index (χ4n) is 3.25. The van der Waals surface area contributed by atoms with Crippen molar-refractivity contribution in [3.05, 3.63) is 60.4 Å². The Balaban J connectivity index is 1.40. The summed E-state index contributed by atoms with van der Waals surface area (Å²) in [4.78, 5) is 16.2. The Labute approximate surface area is 172 Å². The van der Waals surface area contributed by atoms with Crippen molar-refractivity contribution in [3.63, 3.8) is 0 Å². The Hall–Kier alpha value is -3.27. The van der Waals surface area contributed by atoms with Crippen molar-refractivity contribution in [3.8, 4) is 11.5 Å². The molecule has 0 radical (unpaired) electrons. The van der Waals surface area contributed by atoms with E-state index in [1.807, 2.05) is 30.3 Å². The molecule has 0 bridgehead atoms. The molecule has 3 aromatic rings. The van der Waals surface area contributed by atoms with Gasteiger partial charge in [0.2, 0.25) is 15.7 Å². The molecule has 0 atom stereocenters. The van der Waals surface area contributed by atoms with E-state index in [1.165, 1.54) is 23.1 Å². The lowest BCUT2D eigenvalue weighted by atomic mass is 10.2. The molecule has 0 unspecified atom stereocenters. The predicted octanol–water partition coefficient (Wildman–Crippen LogP) is 2.00. The highest BCUT2D eigenvalue weighted by molar-refractivity contribution is 7.91. The first-order chi connectivity index (χ1) is 14.4. The van der Waals surface area contributed by atoms with Gasteiger partial charge in [0.15, 0.2) is 0 Å². The van der Waals surface area contributed by atoms with Gasteiger partial charge in [-0.2, -0.15) is 0 Å². The Kier molecular flexibility index (Phi) is 5.49. The van der Waals surface area contributed by atoms with Gasteiger partial charge in [0.05, 0.1) is 5.56 Å². The van der Waals surface area contributed by atoms with Gasteiger partial charge in [-0.1, -0.05) is 35.4 Å². The van der Waals surface area contributed by atoms with E-state index < -0.39 is 32.5 Å². The predicted molar refractivity (Wildman–Crippen MR) is 107 cm³/mol. The van der Waals surface area contributed by atoms with Crippen molar-refractivity contribution >= 4 is 21.4 Å². The van der Waals surface area contributed by atoms with Gasteiger partial charge in [-0.25, -0.2) is 12.8 Å². The Morgan fingerprint density at radius 2 is 1.63 bits per heavy atom. The van der Waals surface area contributed by atoms with Gasteiger partial charge in [-0.15, -0.1) is 5.10 Å². The molecule has 0 saturated carbocycles. The number of rotatable bonds is 5. The van der Waals surface area contributed by atoms with E-state index in [2.05, 4.69) is 15.1 Å². The lowest BCUT2D eigenvalue weighted by molar-refractivity contribution is -0.128. The number of hydrogen-bond donors (Lipinski definition) is 0. The summed E-state index contributed by atoms with van der Waals surface area (Å²) in [5, 5.41) is 6.42. The third kappa shape index (κ3) is 4.18. The van der Waals surface area contributed by atoms with Crippen LogP contribution >= 0.6 is 0 Å². The monoisotopic (exact) mass is 430 g/mol. The van der Waals surface area contributed by atoms with Gasteiger partial charge in [0.1, 0.15) is 11.6 Å². The Bertz CT molecular complexity index is 1140. The van der Waals surface area contributed by atoms with E-state index in [1.54, 1.807) is 6.07 Å². The average Bonchev–Trinajstić information content (AvgIpc) is 3.26. The van der Waals surface area contributed by atoms with Crippen molar-refractivity contribution in [1.29, 1.82) is 0 Å². The van der Waals surface area contributed by atoms with Crippen LogP contribution in [0.25, 0.3) is 11.5 Å². The van der Waals surface area contributed by atoms with E-state index in [4.69, 9.17) is 4.42 Å². The fourth-order valence-corrected chi connectivity index (χ4v) is 4.25. The summed E-state index contributed by atoms with van der Waals surface area (Å²) in [6, 6.07) is 15.5. The normalized spacial score (nSPS) is 14.7. The number of nitrogens with zero attached hydrogens (tertiary/aromatic N) is 4. The molecule has 1 amide bonds. The molecule has 4 rings (SSSR count). The van der Waals surface area contributed by atoms with Crippen LogP contribution in [0.5, 0.6) is 0 Å². The zero-order chi connectivity index (χ0) is 21.1. The molecule has 1 fully saturated rings. The molecule has 1 aliphatic heterocycles. The van der Waals surface area contributed by atoms with E-state index in [-0.39, 0.29) is 11.5 Å². The highest BCUT2D eigenvalue weighted by Gasteiger charge is 2.30. The maximum atomic E-state index is 13.8. The minimum absolute atomic E-state index is 0.00481. The lowest BCUT2D eigenvalue weighted by Gasteiger charge is -2.36. The van der Waals surface area contributed by atoms with E-state index >= 15 is 0 Å². The zero-order valence-corrected chi connectivity index (χ0v) is 16.8. The lowest BCUT2D eigenvalue weighted by Crippen LogP contribution is -2.50. The topological polar surface area (TPSA) is 96.6 Å². The number of carbonyl (C=O) groups is 1. The molecule has 0 N–H and O–H groups in total. The van der Waals surface area contributed by atoms with Crippen molar-refractivity contribution < 1.29 is 22.0 Å². The molecule has 2 aromatic carbocycles. The molecule has 30 heavy (non-hydrogen) atoms. The number of piperazine rings is 1. The zero-order valence-electron chi connectivity index (χ0n) is 15.9. The van der Waals surface area contributed by atoms with Crippen LogP contribution in [-0.4, -0.2) is 61.4 Å². The second kappa shape index (κ2) is 8.23. The Morgan fingerprint density at radius 3 is 2.33 bits per heavy atom. The minimum Gasteiger partial charge on any atom is -0.408 e. The maximum Gasteiger partial charge on any atom is 0.336 e. The van der Waals surface area contributed by atoms with Crippen LogP contribution in [-0.2, 0) is 14.6 Å². The summed E-state index contributed by atoms with van der Waals surface area (Å²) in [6.45, 7) is 2.03. The highest BCUT2D eigenvalue weighted by Crippen LogP contribution is 2.23. The molecule has 10 heteroatoms. The van der Waals surface area contributed by atoms with Gasteiger partial charge in [0.25, 0.3) is 5.89 Å². The molecule has 1 aromatic heterocycles. The van der Waals surface area contributed by atoms with Crippen molar-refractivity contribution in [1.82, 2.24) is 15.1 Å².